The average Bonchev–Trinajstić information content (AvgIpc) is 2.73. The molecule has 1 aromatic heterocycles. The van der Waals surface area contributed by atoms with Gasteiger partial charge in [-0.05, 0) is 6.07 Å². The molecule has 0 fully saturated rings. The molecule has 1 atom stereocenters. The number of amides is 1. The Labute approximate surface area is 113 Å². The number of para-hydroxylation sites is 1. The largest absolute Gasteiger partial charge is 0.386 e. The van der Waals surface area contributed by atoms with Crippen LogP contribution in [0.4, 0.5) is 0 Å². The number of benzene rings is 1. The third-order valence-corrected chi connectivity index (χ3v) is 3.28. The van der Waals surface area contributed by atoms with Crippen molar-refractivity contribution in [3.05, 3.63) is 36.0 Å². The SMILES string of the molecule is CC(C)C(=O)NCC(O)c1cn(C)c2ccccc12. The zero-order valence-electron chi connectivity index (χ0n) is 11.6. The van der Waals surface area contributed by atoms with Crippen LogP contribution in [0.15, 0.2) is 30.5 Å². The number of fused-ring (bicyclic) bond motifs is 1. The molecule has 0 saturated carbocycles. The summed E-state index contributed by atoms with van der Waals surface area (Å²) in [5.74, 6) is -0.112. The van der Waals surface area contributed by atoms with Gasteiger partial charge >= 0.3 is 0 Å². The summed E-state index contributed by atoms with van der Waals surface area (Å²) in [5, 5.41) is 14.0. The summed E-state index contributed by atoms with van der Waals surface area (Å²) in [6.07, 6.45) is 1.23. The molecule has 2 N–H and O–H groups in total. The number of carbonyl (C=O) groups excluding carboxylic acids is 1. The highest BCUT2D eigenvalue weighted by molar-refractivity contribution is 5.84. The van der Waals surface area contributed by atoms with Gasteiger partial charge in [0.1, 0.15) is 0 Å². The predicted molar refractivity (Wildman–Crippen MR) is 75.7 cm³/mol. The Bertz CT molecular complexity index is 587. The van der Waals surface area contributed by atoms with E-state index in [2.05, 4.69) is 5.32 Å². The van der Waals surface area contributed by atoms with Crippen molar-refractivity contribution in [3.8, 4) is 0 Å². The first-order chi connectivity index (χ1) is 9.00. The number of aliphatic hydroxyl groups is 1. The lowest BCUT2D eigenvalue weighted by molar-refractivity contribution is -0.124. The molecule has 4 heteroatoms. The van der Waals surface area contributed by atoms with Gasteiger partial charge in [0.2, 0.25) is 5.91 Å². The van der Waals surface area contributed by atoms with Crippen molar-refractivity contribution in [3.63, 3.8) is 0 Å². The minimum absolute atomic E-state index is 0.0423. The third-order valence-electron chi connectivity index (χ3n) is 3.28. The molecule has 1 heterocycles. The maximum Gasteiger partial charge on any atom is 0.222 e. The number of hydrogen-bond donors (Lipinski definition) is 2. The molecule has 0 aliphatic carbocycles. The second-order valence-corrected chi connectivity index (χ2v) is 5.13. The van der Waals surface area contributed by atoms with Crippen molar-refractivity contribution in [1.29, 1.82) is 0 Å². The highest BCUT2D eigenvalue weighted by Crippen LogP contribution is 2.25. The van der Waals surface area contributed by atoms with Gasteiger partial charge in [0, 0.05) is 42.2 Å². The van der Waals surface area contributed by atoms with E-state index >= 15 is 0 Å². The Kier molecular flexibility index (Phi) is 3.90. The summed E-state index contributed by atoms with van der Waals surface area (Å²) in [5.41, 5.74) is 1.92. The highest BCUT2D eigenvalue weighted by atomic mass is 16.3. The first-order valence-corrected chi connectivity index (χ1v) is 6.50. The molecule has 0 spiro atoms. The van der Waals surface area contributed by atoms with Crippen LogP contribution in [0, 0.1) is 5.92 Å². The van der Waals surface area contributed by atoms with E-state index in [9.17, 15) is 9.90 Å². The van der Waals surface area contributed by atoms with Crippen LogP contribution in [0.5, 0.6) is 0 Å². The number of aromatic nitrogens is 1. The Hall–Kier alpha value is -1.81. The van der Waals surface area contributed by atoms with E-state index in [-0.39, 0.29) is 18.4 Å². The fourth-order valence-electron chi connectivity index (χ4n) is 2.15. The number of nitrogens with zero attached hydrogens (tertiary/aromatic N) is 1. The standard InChI is InChI=1S/C15H20N2O2/c1-10(2)15(19)16-8-14(18)12-9-17(3)13-7-5-4-6-11(12)13/h4-7,9-10,14,18H,8H2,1-3H3,(H,16,19). The van der Waals surface area contributed by atoms with E-state index in [1.807, 2.05) is 55.9 Å². The molecule has 2 aromatic rings. The third kappa shape index (κ3) is 2.79. The molecule has 1 aromatic carbocycles. The van der Waals surface area contributed by atoms with Crippen molar-refractivity contribution in [2.45, 2.75) is 20.0 Å². The summed E-state index contributed by atoms with van der Waals surface area (Å²) >= 11 is 0. The van der Waals surface area contributed by atoms with Gasteiger partial charge in [-0.15, -0.1) is 0 Å². The molecular formula is C15H20N2O2. The van der Waals surface area contributed by atoms with Gasteiger partial charge in [0.25, 0.3) is 0 Å². The highest BCUT2D eigenvalue weighted by Gasteiger charge is 2.16. The molecule has 0 aliphatic heterocycles. The normalized spacial score (nSPS) is 12.9. The van der Waals surface area contributed by atoms with Crippen LogP contribution in [0.25, 0.3) is 10.9 Å². The van der Waals surface area contributed by atoms with Crippen molar-refractivity contribution >= 4 is 16.8 Å². The molecule has 19 heavy (non-hydrogen) atoms. The molecule has 2 rings (SSSR count). The minimum Gasteiger partial charge on any atom is -0.386 e. The van der Waals surface area contributed by atoms with Gasteiger partial charge in [0.05, 0.1) is 6.10 Å². The average molecular weight is 260 g/mol. The Morgan fingerprint density at radius 3 is 2.74 bits per heavy atom. The van der Waals surface area contributed by atoms with E-state index in [0.29, 0.717) is 0 Å². The molecule has 0 saturated heterocycles. The number of carbonyl (C=O) groups is 1. The van der Waals surface area contributed by atoms with Crippen LogP contribution in [-0.2, 0) is 11.8 Å². The van der Waals surface area contributed by atoms with E-state index in [4.69, 9.17) is 0 Å². The Morgan fingerprint density at radius 2 is 2.05 bits per heavy atom. The second-order valence-electron chi connectivity index (χ2n) is 5.13. The maximum atomic E-state index is 11.5. The zero-order valence-corrected chi connectivity index (χ0v) is 11.6. The van der Waals surface area contributed by atoms with E-state index < -0.39 is 6.10 Å². The lowest BCUT2D eigenvalue weighted by Crippen LogP contribution is -2.31. The van der Waals surface area contributed by atoms with Gasteiger partial charge < -0.3 is 15.0 Å². The fraction of sp³-hybridized carbons (Fsp3) is 0.400. The summed E-state index contributed by atoms with van der Waals surface area (Å²) < 4.78 is 1.98. The number of aryl methyl sites for hydroxylation is 1. The molecule has 102 valence electrons. The minimum atomic E-state index is -0.686. The molecule has 0 radical (unpaired) electrons. The zero-order chi connectivity index (χ0) is 14.0. The van der Waals surface area contributed by atoms with Crippen LogP contribution in [0.3, 0.4) is 0 Å². The van der Waals surface area contributed by atoms with E-state index in [1.54, 1.807) is 0 Å². The van der Waals surface area contributed by atoms with Gasteiger partial charge in [-0.25, -0.2) is 0 Å². The summed E-state index contributed by atoms with van der Waals surface area (Å²) in [6, 6.07) is 7.92. The van der Waals surface area contributed by atoms with Crippen molar-refractivity contribution in [2.75, 3.05) is 6.54 Å². The van der Waals surface area contributed by atoms with E-state index in [0.717, 1.165) is 16.5 Å². The molecule has 1 unspecified atom stereocenters. The smallest absolute Gasteiger partial charge is 0.222 e. The van der Waals surface area contributed by atoms with Crippen LogP contribution in [-0.4, -0.2) is 22.1 Å². The molecule has 0 bridgehead atoms. The van der Waals surface area contributed by atoms with Crippen LogP contribution in [0.1, 0.15) is 25.5 Å². The lowest BCUT2D eigenvalue weighted by atomic mass is 10.1. The van der Waals surface area contributed by atoms with Crippen molar-refractivity contribution < 1.29 is 9.90 Å². The quantitative estimate of drug-likeness (QED) is 0.883. The molecule has 0 aliphatic rings. The first kappa shape index (κ1) is 13.6. The van der Waals surface area contributed by atoms with Gasteiger partial charge in [-0.2, -0.15) is 0 Å². The second kappa shape index (κ2) is 5.45. The molecule has 1 amide bonds. The number of aliphatic hydroxyl groups excluding tert-OH is 1. The van der Waals surface area contributed by atoms with Crippen LogP contribution in [0.2, 0.25) is 0 Å². The maximum absolute atomic E-state index is 11.5. The Balaban J connectivity index is 2.18. The van der Waals surface area contributed by atoms with Crippen LogP contribution >= 0.6 is 0 Å². The summed E-state index contributed by atoms with van der Waals surface area (Å²) in [6.45, 7) is 3.91. The van der Waals surface area contributed by atoms with E-state index in [1.165, 1.54) is 0 Å². The lowest BCUT2D eigenvalue weighted by Gasteiger charge is -2.12. The molecule has 4 nitrogen and oxygen atoms in total. The summed E-state index contributed by atoms with van der Waals surface area (Å²) in [4.78, 5) is 11.5. The molecular weight excluding hydrogens is 240 g/mol. The monoisotopic (exact) mass is 260 g/mol. The van der Waals surface area contributed by atoms with Crippen molar-refractivity contribution in [2.24, 2.45) is 13.0 Å². The fourth-order valence-corrected chi connectivity index (χ4v) is 2.15. The van der Waals surface area contributed by atoms with Gasteiger partial charge in [0.15, 0.2) is 0 Å². The van der Waals surface area contributed by atoms with Gasteiger partial charge in [-0.3, -0.25) is 4.79 Å². The van der Waals surface area contributed by atoms with Gasteiger partial charge in [-0.1, -0.05) is 32.0 Å². The summed E-state index contributed by atoms with van der Waals surface area (Å²) in [7, 11) is 1.95. The number of rotatable bonds is 4. The predicted octanol–water partition coefficient (Wildman–Crippen LogP) is 1.98. The van der Waals surface area contributed by atoms with Crippen molar-refractivity contribution in [1.82, 2.24) is 9.88 Å². The van der Waals surface area contributed by atoms with Crippen LogP contribution < -0.4 is 5.32 Å². The number of nitrogens with one attached hydrogen (secondary N) is 1. The topological polar surface area (TPSA) is 54.3 Å². The first-order valence-electron chi connectivity index (χ1n) is 6.50. The Morgan fingerprint density at radius 1 is 1.37 bits per heavy atom. The number of hydrogen-bond acceptors (Lipinski definition) is 2.